The smallest absolute Gasteiger partial charge is 0.233 e. The van der Waals surface area contributed by atoms with Gasteiger partial charge in [-0.1, -0.05) is 34.6 Å². The zero-order valence-corrected chi connectivity index (χ0v) is 13.4. The van der Waals surface area contributed by atoms with E-state index >= 15 is 0 Å². The number of fused-ring (bicyclic) bond motifs is 1. The normalized spacial score (nSPS) is 18.0. The minimum atomic E-state index is -0.529. The molecule has 1 unspecified atom stereocenters. The van der Waals surface area contributed by atoms with Gasteiger partial charge in [0.2, 0.25) is 5.91 Å². The number of anilines is 2. The van der Waals surface area contributed by atoms with Gasteiger partial charge in [0.1, 0.15) is 0 Å². The fourth-order valence-corrected chi connectivity index (χ4v) is 2.70. The SMILES string of the molecule is CC(C)C(=O)C1Cc2cc(N)ccc2N1C(=O)C(C)(C)C. The topological polar surface area (TPSA) is 63.4 Å². The van der Waals surface area contributed by atoms with E-state index in [0.717, 1.165) is 11.3 Å². The molecular formula is C17H24N2O2. The first-order valence-electron chi connectivity index (χ1n) is 7.38. The lowest BCUT2D eigenvalue weighted by Gasteiger charge is -2.31. The number of amides is 1. The molecule has 114 valence electrons. The van der Waals surface area contributed by atoms with Crippen molar-refractivity contribution in [1.82, 2.24) is 0 Å². The van der Waals surface area contributed by atoms with Crippen LogP contribution in [0.25, 0.3) is 0 Å². The number of nitrogens with two attached hydrogens (primary N) is 1. The van der Waals surface area contributed by atoms with E-state index in [1.165, 1.54) is 0 Å². The lowest BCUT2D eigenvalue weighted by Crippen LogP contribution is -2.48. The van der Waals surface area contributed by atoms with Crippen molar-refractivity contribution in [2.24, 2.45) is 11.3 Å². The Morgan fingerprint density at radius 2 is 1.90 bits per heavy atom. The largest absolute Gasteiger partial charge is 0.399 e. The third kappa shape index (κ3) is 2.80. The summed E-state index contributed by atoms with van der Waals surface area (Å²) in [6.45, 7) is 9.38. The van der Waals surface area contributed by atoms with E-state index in [1.807, 2.05) is 46.8 Å². The minimum absolute atomic E-state index is 0.0231. The molecule has 1 atom stereocenters. The highest BCUT2D eigenvalue weighted by Gasteiger charge is 2.42. The molecule has 2 rings (SSSR count). The van der Waals surface area contributed by atoms with Crippen LogP contribution in [0.1, 0.15) is 40.2 Å². The molecule has 0 saturated heterocycles. The highest BCUT2D eigenvalue weighted by Crippen LogP contribution is 2.37. The molecule has 1 aromatic carbocycles. The van der Waals surface area contributed by atoms with Gasteiger partial charge in [0.15, 0.2) is 5.78 Å². The summed E-state index contributed by atoms with van der Waals surface area (Å²) >= 11 is 0. The van der Waals surface area contributed by atoms with Gasteiger partial charge in [0.25, 0.3) is 0 Å². The number of hydrogen-bond acceptors (Lipinski definition) is 3. The number of hydrogen-bond donors (Lipinski definition) is 1. The number of benzene rings is 1. The Balaban J connectivity index is 2.49. The van der Waals surface area contributed by atoms with Gasteiger partial charge in [-0.25, -0.2) is 0 Å². The Morgan fingerprint density at radius 3 is 2.43 bits per heavy atom. The summed E-state index contributed by atoms with van der Waals surface area (Å²) in [5.74, 6) is -0.0238. The number of carbonyl (C=O) groups excluding carboxylic acids is 2. The summed E-state index contributed by atoms with van der Waals surface area (Å²) in [5, 5.41) is 0. The molecule has 1 heterocycles. The number of nitrogens with zero attached hydrogens (tertiary/aromatic N) is 1. The van der Waals surface area contributed by atoms with Crippen molar-refractivity contribution in [2.45, 2.75) is 47.1 Å². The van der Waals surface area contributed by atoms with Crippen molar-refractivity contribution in [3.63, 3.8) is 0 Å². The second kappa shape index (κ2) is 5.17. The van der Waals surface area contributed by atoms with Crippen LogP contribution in [0, 0.1) is 11.3 Å². The second-order valence-electron chi connectivity index (χ2n) is 7.09. The Bertz CT molecular complexity index is 585. The Kier molecular flexibility index (Phi) is 3.83. The predicted molar refractivity (Wildman–Crippen MR) is 85.1 cm³/mol. The Labute approximate surface area is 126 Å². The molecule has 0 aromatic heterocycles. The lowest BCUT2D eigenvalue weighted by atomic mass is 9.92. The third-order valence-electron chi connectivity index (χ3n) is 3.85. The van der Waals surface area contributed by atoms with Crippen LogP contribution in [0.4, 0.5) is 11.4 Å². The molecular weight excluding hydrogens is 264 g/mol. The van der Waals surface area contributed by atoms with E-state index in [9.17, 15) is 9.59 Å². The van der Waals surface area contributed by atoms with Crippen molar-refractivity contribution in [2.75, 3.05) is 10.6 Å². The molecule has 1 aliphatic rings. The summed E-state index contributed by atoms with van der Waals surface area (Å²) in [7, 11) is 0. The summed E-state index contributed by atoms with van der Waals surface area (Å²) in [5.41, 5.74) is 7.76. The van der Waals surface area contributed by atoms with Gasteiger partial charge in [0, 0.05) is 29.1 Å². The van der Waals surface area contributed by atoms with Crippen molar-refractivity contribution >= 4 is 23.1 Å². The van der Waals surface area contributed by atoms with E-state index in [-0.39, 0.29) is 17.6 Å². The fraction of sp³-hybridized carbons (Fsp3) is 0.529. The molecule has 0 bridgehead atoms. The molecule has 4 heteroatoms. The highest BCUT2D eigenvalue weighted by molar-refractivity contribution is 6.06. The van der Waals surface area contributed by atoms with Crippen LogP contribution in [0.3, 0.4) is 0 Å². The zero-order valence-electron chi connectivity index (χ0n) is 13.4. The minimum Gasteiger partial charge on any atom is -0.399 e. The van der Waals surface area contributed by atoms with Gasteiger partial charge in [-0.05, 0) is 23.8 Å². The summed E-state index contributed by atoms with van der Waals surface area (Å²) in [4.78, 5) is 27.0. The summed E-state index contributed by atoms with van der Waals surface area (Å²) in [6.07, 6.45) is 0.555. The van der Waals surface area contributed by atoms with Crippen molar-refractivity contribution < 1.29 is 9.59 Å². The molecule has 0 radical (unpaired) electrons. The van der Waals surface area contributed by atoms with Crippen LogP contribution < -0.4 is 10.6 Å². The molecule has 2 N–H and O–H groups in total. The number of Topliss-reactive ketones (excluding diaryl/α,β-unsaturated/α-hetero) is 1. The van der Waals surface area contributed by atoms with Crippen LogP contribution >= 0.6 is 0 Å². The predicted octanol–water partition coefficient (Wildman–Crippen LogP) is 2.80. The van der Waals surface area contributed by atoms with E-state index in [4.69, 9.17) is 5.73 Å². The molecule has 0 aliphatic carbocycles. The molecule has 0 fully saturated rings. The molecule has 21 heavy (non-hydrogen) atoms. The maximum Gasteiger partial charge on any atom is 0.233 e. The van der Waals surface area contributed by atoms with E-state index in [2.05, 4.69) is 0 Å². The number of carbonyl (C=O) groups is 2. The van der Waals surface area contributed by atoms with Gasteiger partial charge in [-0.2, -0.15) is 0 Å². The molecule has 1 aromatic rings. The standard InChI is InChI=1S/C17H24N2O2/c1-10(2)15(20)14-9-11-8-12(18)6-7-13(11)19(14)16(21)17(3,4)5/h6-8,10,14H,9,18H2,1-5H3. The van der Waals surface area contributed by atoms with Crippen LogP contribution in [-0.4, -0.2) is 17.7 Å². The quantitative estimate of drug-likeness (QED) is 0.851. The van der Waals surface area contributed by atoms with E-state index in [0.29, 0.717) is 12.1 Å². The monoisotopic (exact) mass is 288 g/mol. The highest BCUT2D eigenvalue weighted by atomic mass is 16.2. The lowest BCUT2D eigenvalue weighted by molar-refractivity contribution is -0.130. The van der Waals surface area contributed by atoms with Crippen LogP contribution in [0.15, 0.2) is 18.2 Å². The van der Waals surface area contributed by atoms with Crippen molar-refractivity contribution in [3.05, 3.63) is 23.8 Å². The summed E-state index contributed by atoms with van der Waals surface area (Å²) < 4.78 is 0. The number of ketones is 1. The average Bonchev–Trinajstić information content (AvgIpc) is 2.73. The van der Waals surface area contributed by atoms with Crippen molar-refractivity contribution in [3.8, 4) is 0 Å². The summed E-state index contributed by atoms with van der Waals surface area (Å²) in [6, 6.07) is 5.09. The first-order valence-corrected chi connectivity index (χ1v) is 7.38. The van der Waals surface area contributed by atoms with Crippen LogP contribution in [0.2, 0.25) is 0 Å². The van der Waals surface area contributed by atoms with Gasteiger partial charge in [0.05, 0.1) is 6.04 Å². The average molecular weight is 288 g/mol. The first kappa shape index (κ1) is 15.5. The van der Waals surface area contributed by atoms with Crippen molar-refractivity contribution in [1.29, 1.82) is 0 Å². The van der Waals surface area contributed by atoms with E-state index in [1.54, 1.807) is 11.0 Å². The van der Waals surface area contributed by atoms with Gasteiger partial charge in [-0.15, -0.1) is 0 Å². The second-order valence-corrected chi connectivity index (χ2v) is 7.09. The molecule has 1 aliphatic heterocycles. The molecule has 0 spiro atoms. The maximum absolute atomic E-state index is 12.8. The van der Waals surface area contributed by atoms with Gasteiger partial charge >= 0.3 is 0 Å². The number of rotatable bonds is 2. The molecule has 0 saturated carbocycles. The maximum atomic E-state index is 12.8. The molecule has 1 amide bonds. The Hall–Kier alpha value is -1.84. The number of nitrogen functional groups attached to an aromatic ring is 1. The fourth-order valence-electron chi connectivity index (χ4n) is 2.70. The first-order chi connectivity index (χ1) is 9.62. The van der Waals surface area contributed by atoms with Gasteiger partial charge < -0.3 is 10.6 Å². The zero-order chi connectivity index (χ0) is 15.9. The Morgan fingerprint density at radius 1 is 1.29 bits per heavy atom. The molecule has 4 nitrogen and oxygen atoms in total. The van der Waals surface area contributed by atoms with Gasteiger partial charge in [-0.3, -0.25) is 9.59 Å². The van der Waals surface area contributed by atoms with Crippen LogP contribution in [-0.2, 0) is 16.0 Å². The van der Waals surface area contributed by atoms with E-state index < -0.39 is 11.5 Å². The van der Waals surface area contributed by atoms with Crippen LogP contribution in [0.5, 0.6) is 0 Å². The third-order valence-corrected chi connectivity index (χ3v) is 3.85.